The highest BCUT2D eigenvalue weighted by Gasteiger charge is 2.45. The molecule has 1 fully saturated rings. The highest BCUT2D eigenvalue weighted by Crippen LogP contribution is 2.47. The van der Waals surface area contributed by atoms with Crippen molar-refractivity contribution in [3.63, 3.8) is 0 Å². The molecule has 5 heteroatoms. The Balaban J connectivity index is 2.59. The molecule has 2 atom stereocenters. The Kier molecular flexibility index (Phi) is 4.63. The number of rotatable bonds is 4. The molecule has 1 amide bonds. The maximum Gasteiger partial charge on any atom is 0.248 e. The summed E-state index contributed by atoms with van der Waals surface area (Å²) in [5.41, 5.74) is 7.14. The Morgan fingerprint density at radius 2 is 2.38 bits per heavy atom. The molecule has 0 radical (unpaired) electrons. The van der Waals surface area contributed by atoms with Crippen LogP contribution in [0.25, 0.3) is 0 Å². The van der Waals surface area contributed by atoms with Gasteiger partial charge < -0.3 is 15.8 Å². The molecular formula is C16H23N3O2. The standard InChI is InChI=1S/C16H23N3O2/c1-11-5-4-6-13(10-18-2)16(11,21-3)14-9-12(15(17)20)7-8-19-14/h7-11,18H,4-6H2,1-3H3,(H2,17,20)/b13-10+. The second-order valence-corrected chi connectivity index (χ2v) is 5.49. The summed E-state index contributed by atoms with van der Waals surface area (Å²) in [6.45, 7) is 2.16. The highest BCUT2D eigenvalue weighted by molar-refractivity contribution is 5.92. The first kappa shape index (κ1) is 15.5. The lowest BCUT2D eigenvalue weighted by Gasteiger charge is -2.43. The lowest BCUT2D eigenvalue weighted by Crippen LogP contribution is -2.42. The molecule has 1 heterocycles. The summed E-state index contributed by atoms with van der Waals surface area (Å²) in [6.07, 6.45) is 6.72. The quantitative estimate of drug-likeness (QED) is 0.888. The van der Waals surface area contributed by atoms with Gasteiger partial charge in [-0.2, -0.15) is 0 Å². The van der Waals surface area contributed by atoms with Crippen molar-refractivity contribution in [1.82, 2.24) is 10.3 Å². The minimum atomic E-state index is -0.604. The van der Waals surface area contributed by atoms with E-state index in [1.54, 1.807) is 25.4 Å². The number of ether oxygens (including phenoxy) is 1. The van der Waals surface area contributed by atoms with Crippen LogP contribution in [0.3, 0.4) is 0 Å². The Hall–Kier alpha value is -1.88. The molecule has 0 aliphatic heterocycles. The SMILES string of the molecule is CN/C=C1\CCCC(C)C1(OC)c1cc(C(N)=O)ccn1. The smallest absolute Gasteiger partial charge is 0.248 e. The van der Waals surface area contributed by atoms with E-state index in [9.17, 15) is 4.79 Å². The third kappa shape index (κ3) is 2.65. The van der Waals surface area contributed by atoms with Gasteiger partial charge in [-0.1, -0.05) is 6.92 Å². The van der Waals surface area contributed by atoms with Crippen LogP contribution in [0, 0.1) is 5.92 Å². The lowest BCUT2D eigenvalue weighted by molar-refractivity contribution is -0.0466. The number of nitrogens with one attached hydrogen (secondary N) is 1. The molecule has 0 saturated heterocycles. The predicted octanol–water partition coefficient (Wildman–Crippen LogP) is 1.95. The van der Waals surface area contributed by atoms with Crippen molar-refractivity contribution in [1.29, 1.82) is 0 Å². The van der Waals surface area contributed by atoms with Gasteiger partial charge in [-0.3, -0.25) is 9.78 Å². The van der Waals surface area contributed by atoms with Crippen LogP contribution in [-0.2, 0) is 10.3 Å². The monoisotopic (exact) mass is 289 g/mol. The molecule has 1 aliphatic rings. The fraction of sp³-hybridized carbons (Fsp3) is 0.500. The van der Waals surface area contributed by atoms with E-state index in [1.807, 2.05) is 13.2 Å². The molecule has 0 spiro atoms. The van der Waals surface area contributed by atoms with Crippen LogP contribution in [0.5, 0.6) is 0 Å². The van der Waals surface area contributed by atoms with E-state index in [0.29, 0.717) is 5.56 Å². The predicted molar refractivity (Wildman–Crippen MR) is 81.6 cm³/mol. The molecule has 0 aromatic carbocycles. The average molecular weight is 289 g/mol. The van der Waals surface area contributed by atoms with E-state index in [4.69, 9.17) is 10.5 Å². The number of aromatic nitrogens is 1. The van der Waals surface area contributed by atoms with Gasteiger partial charge in [0, 0.05) is 25.9 Å². The number of pyridine rings is 1. The van der Waals surface area contributed by atoms with E-state index >= 15 is 0 Å². The number of hydrogen-bond acceptors (Lipinski definition) is 4. The van der Waals surface area contributed by atoms with E-state index < -0.39 is 11.5 Å². The summed E-state index contributed by atoms with van der Waals surface area (Å²) >= 11 is 0. The van der Waals surface area contributed by atoms with Crippen molar-refractivity contribution < 1.29 is 9.53 Å². The summed E-state index contributed by atoms with van der Waals surface area (Å²) in [7, 11) is 3.57. The first-order valence-corrected chi connectivity index (χ1v) is 7.24. The number of carbonyl (C=O) groups is 1. The molecule has 2 rings (SSSR count). The number of carbonyl (C=O) groups excluding carboxylic acids is 1. The van der Waals surface area contributed by atoms with E-state index in [2.05, 4.69) is 17.2 Å². The van der Waals surface area contributed by atoms with Crippen LogP contribution in [0.1, 0.15) is 42.2 Å². The Morgan fingerprint density at radius 3 is 3.00 bits per heavy atom. The van der Waals surface area contributed by atoms with Crippen molar-refractivity contribution in [2.75, 3.05) is 14.2 Å². The zero-order valence-corrected chi connectivity index (χ0v) is 12.8. The molecule has 2 unspecified atom stereocenters. The van der Waals surface area contributed by atoms with E-state index in [-0.39, 0.29) is 5.92 Å². The molecule has 3 N–H and O–H groups in total. The third-order valence-electron chi connectivity index (χ3n) is 4.32. The van der Waals surface area contributed by atoms with Crippen LogP contribution in [-0.4, -0.2) is 25.0 Å². The zero-order chi connectivity index (χ0) is 15.5. The second kappa shape index (κ2) is 6.26. The van der Waals surface area contributed by atoms with Gasteiger partial charge in [0.15, 0.2) is 0 Å². The summed E-state index contributed by atoms with van der Waals surface area (Å²) in [5, 5.41) is 3.09. The van der Waals surface area contributed by atoms with Crippen LogP contribution in [0.4, 0.5) is 0 Å². The molecule has 1 aromatic rings. The maximum absolute atomic E-state index is 11.4. The number of methoxy groups -OCH3 is 1. The van der Waals surface area contributed by atoms with E-state index in [0.717, 1.165) is 30.5 Å². The van der Waals surface area contributed by atoms with Crippen molar-refractivity contribution in [2.45, 2.75) is 31.8 Å². The van der Waals surface area contributed by atoms with Crippen LogP contribution in [0.15, 0.2) is 30.1 Å². The van der Waals surface area contributed by atoms with Gasteiger partial charge in [0.05, 0.1) is 5.69 Å². The summed E-state index contributed by atoms with van der Waals surface area (Å²) in [6, 6.07) is 3.38. The summed E-state index contributed by atoms with van der Waals surface area (Å²) in [5.74, 6) is -0.181. The van der Waals surface area contributed by atoms with Crippen LogP contribution >= 0.6 is 0 Å². The summed E-state index contributed by atoms with van der Waals surface area (Å²) in [4.78, 5) is 15.9. The van der Waals surface area contributed by atoms with Gasteiger partial charge in [0.1, 0.15) is 5.60 Å². The average Bonchev–Trinajstić information content (AvgIpc) is 2.48. The number of hydrogen-bond donors (Lipinski definition) is 2. The van der Waals surface area contributed by atoms with Crippen LogP contribution < -0.4 is 11.1 Å². The highest BCUT2D eigenvalue weighted by atomic mass is 16.5. The van der Waals surface area contributed by atoms with Gasteiger partial charge in [-0.25, -0.2) is 0 Å². The first-order chi connectivity index (χ1) is 10.1. The topological polar surface area (TPSA) is 77.2 Å². The lowest BCUT2D eigenvalue weighted by atomic mass is 9.70. The first-order valence-electron chi connectivity index (χ1n) is 7.24. The molecule has 114 valence electrons. The number of nitrogens with zero attached hydrogens (tertiary/aromatic N) is 1. The van der Waals surface area contributed by atoms with Gasteiger partial charge in [-0.15, -0.1) is 0 Å². The van der Waals surface area contributed by atoms with Crippen LogP contribution in [0.2, 0.25) is 0 Å². The molecule has 1 saturated carbocycles. The normalized spacial score (nSPS) is 27.6. The minimum absolute atomic E-state index is 0.270. The maximum atomic E-state index is 11.4. The number of nitrogens with two attached hydrogens (primary N) is 1. The number of primary amides is 1. The fourth-order valence-electron chi connectivity index (χ4n) is 3.30. The van der Waals surface area contributed by atoms with Gasteiger partial charge in [0.2, 0.25) is 5.91 Å². The van der Waals surface area contributed by atoms with Crippen molar-refractivity contribution in [3.05, 3.63) is 41.4 Å². The molecule has 1 aromatic heterocycles. The molecule has 1 aliphatic carbocycles. The third-order valence-corrected chi connectivity index (χ3v) is 4.32. The second-order valence-electron chi connectivity index (χ2n) is 5.49. The Labute approximate surface area is 125 Å². The van der Waals surface area contributed by atoms with Gasteiger partial charge in [0.25, 0.3) is 0 Å². The molecule has 0 bridgehead atoms. The Morgan fingerprint density at radius 1 is 1.62 bits per heavy atom. The van der Waals surface area contributed by atoms with Crippen molar-refractivity contribution in [3.8, 4) is 0 Å². The summed E-state index contributed by atoms with van der Waals surface area (Å²) < 4.78 is 5.95. The van der Waals surface area contributed by atoms with E-state index in [1.165, 1.54) is 0 Å². The van der Waals surface area contributed by atoms with Gasteiger partial charge >= 0.3 is 0 Å². The van der Waals surface area contributed by atoms with Gasteiger partial charge in [-0.05, 0) is 49.1 Å². The molecule has 21 heavy (non-hydrogen) atoms. The largest absolute Gasteiger partial charge is 0.394 e. The molecule has 5 nitrogen and oxygen atoms in total. The van der Waals surface area contributed by atoms with Crippen molar-refractivity contribution >= 4 is 5.91 Å². The zero-order valence-electron chi connectivity index (χ0n) is 12.8. The fourth-order valence-corrected chi connectivity index (χ4v) is 3.30. The number of amides is 1. The molecular weight excluding hydrogens is 266 g/mol. The Bertz CT molecular complexity index is 556. The van der Waals surface area contributed by atoms with Crippen molar-refractivity contribution in [2.24, 2.45) is 11.7 Å². The minimum Gasteiger partial charge on any atom is -0.394 e.